The molecule has 3 nitrogen and oxygen atoms in total. The first kappa shape index (κ1) is 13.6. The molecule has 0 bridgehead atoms. The predicted octanol–water partition coefficient (Wildman–Crippen LogP) is 2.76. The third-order valence-electron chi connectivity index (χ3n) is 3.40. The zero-order valence-corrected chi connectivity index (χ0v) is 11.8. The first-order valence-corrected chi connectivity index (χ1v) is 7.55. The van der Waals surface area contributed by atoms with Crippen LogP contribution in [0.15, 0.2) is 23.1 Å². The lowest BCUT2D eigenvalue weighted by molar-refractivity contribution is 0.371. The maximum Gasteiger partial charge on any atom is 0.120 e. The topological polar surface area (TPSA) is 47.3 Å². The molecular weight excluding hydrogens is 244 g/mol. The van der Waals surface area contributed by atoms with Crippen molar-refractivity contribution >= 4 is 17.4 Å². The Hall–Kier alpha value is -0.870. The third-order valence-corrected chi connectivity index (χ3v) is 4.51. The molecule has 0 spiro atoms. The van der Waals surface area contributed by atoms with Crippen molar-refractivity contribution < 1.29 is 4.74 Å². The summed E-state index contributed by atoms with van der Waals surface area (Å²) in [5.41, 5.74) is 6.82. The van der Waals surface area contributed by atoms with Gasteiger partial charge in [-0.3, -0.25) is 0 Å². The molecule has 100 valence electrons. The standard InChI is InChI=1S/C14H22N2OS/c1-17-12-4-5-13(15)14(9-12)18-8-6-11-3-2-7-16-10-11/h4-5,9,11,16H,2-3,6-8,10,15H2,1H3. The van der Waals surface area contributed by atoms with Crippen LogP contribution in [0.2, 0.25) is 0 Å². The summed E-state index contributed by atoms with van der Waals surface area (Å²) in [6.45, 7) is 2.36. The smallest absolute Gasteiger partial charge is 0.120 e. The van der Waals surface area contributed by atoms with Crippen LogP contribution in [0.3, 0.4) is 0 Å². The molecule has 1 aliphatic heterocycles. The number of benzene rings is 1. The van der Waals surface area contributed by atoms with Crippen molar-refractivity contribution in [3.8, 4) is 5.75 Å². The van der Waals surface area contributed by atoms with Crippen molar-refractivity contribution in [2.24, 2.45) is 5.92 Å². The normalized spacial score (nSPS) is 19.7. The Labute approximate surface area is 113 Å². The number of anilines is 1. The van der Waals surface area contributed by atoms with E-state index in [1.54, 1.807) is 7.11 Å². The summed E-state index contributed by atoms with van der Waals surface area (Å²) < 4.78 is 5.23. The molecule has 0 aliphatic carbocycles. The molecule has 18 heavy (non-hydrogen) atoms. The molecule has 0 saturated carbocycles. The number of piperidine rings is 1. The summed E-state index contributed by atoms with van der Waals surface area (Å²) in [5, 5.41) is 3.46. The summed E-state index contributed by atoms with van der Waals surface area (Å²) in [7, 11) is 1.69. The summed E-state index contributed by atoms with van der Waals surface area (Å²) >= 11 is 1.84. The van der Waals surface area contributed by atoms with Gasteiger partial charge in [0.2, 0.25) is 0 Å². The van der Waals surface area contributed by atoms with Crippen LogP contribution in [-0.4, -0.2) is 26.0 Å². The second-order valence-corrected chi connectivity index (χ2v) is 5.89. The van der Waals surface area contributed by atoms with Gasteiger partial charge in [0.15, 0.2) is 0 Å². The highest BCUT2D eigenvalue weighted by molar-refractivity contribution is 7.99. The molecule has 1 aromatic rings. The largest absolute Gasteiger partial charge is 0.497 e. The van der Waals surface area contributed by atoms with E-state index in [-0.39, 0.29) is 0 Å². The van der Waals surface area contributed by atoms with E-state index in [0.717, 1.165) is 28.0 Å². The molecule has 2 rings (SSSR count). The molecule has 4 heteroatoms. The number of rotatable bonds is 5. The second-order valence-electron chi connectivity index (χ2n) is 4.75. The van der Waals surface area contributed by atoms with Crippen molar-refractivity contribution in [1.82, 2.24) is 5.32 Å². The molecule has 1 atom stereocenters. The van der Waals surface area contributed by atoms with Gasteiger partial charge in [-0.05, 0) is 62.2 Å². The number of hydrogen-bond acceptors (Lipinski definition) is 4. The summed E-state index contributed by atoms with van der Waals surface area (Å²) in [4.78, 5) is 1.14. The fraction of sp³-hybridized carbons (Fsp3) is 0.571. The van der Waals surface area contributed by atoms with Gasteiger partial charge < -0.3 is 15.8 Å². The first-order valence-electron chi connectivity index (χ1n) is 6.56. The average Bonchev–Trinajstić information content (AvgIpc) is 2.42. The lowest BCUT2D eigenvalue weighted by Gasteiger charge is -2.22. The Morgan fingerprint density at radius 3 is 3.11 bits per heavy atom. The number of nitrogen functional groups attached to an aromatic ring is 1. The van der Waals surface area contributed by atoms with Crippen molar-refractivity contribution in [3.05, 3.63) is 18.2 Å². The number of methoxy groups -OCH3 is 1. The second kappa shape index (κ2) is 6.90. The van der Waals surface area contributed by atoms with Gasteiger partial charge in [-0.2, -0.15) is 0 Å². The summed E-state index contributed by atoms with van der Waals surface area (Å²) in [6.07, 6.45) is 3.94. The Bertz CT molecular complexity index is 378. The Morgan fingerprint density at radius 2 is 2.39 bits per heavy atom. The molecule has 0 amide bonds. The molecule has 1 heterocycles. The Balaban J connectivity index is 1.81. The molecule has 1 unspecified atom stereocenters. The highest BCUT2D eigenvalue weighted by Crippen LogP contribution is 2.30. The Kier molecular flexibility index (Phi) is 5.20. The van der Waals surface area contributed by atoms with Gasteiger partial charge in [-0.1, -0.05) is 0 Å². The van der Waals surface area contributed by atoms with Crippen LogP contribution in [0, 0.1) is 5.92 Å². The van der Waals surface area contributed by atoms with Crippen LogP contribution in [0.25, 0.3) is 0 Å². The molecule has 3 N–H and O–H groups in total. The number of ether oxygens (including phenoxy) is 1. The van der Waals surface area contributed by atoms with Crippen molar-refractivity contribution in [2.75, 3.05) is 31.7 Å². The number of thioether (sulfide) groups is 1. The van der Waals surface area contributed by atoms with Gasteiger partial charge >= 0.3 is 0 Å². The highest BCUT2D eigenvalue weighted by atomic mass is 32.2. The van der Waals surface area contributed by atoms with Gasteiger partial charge in [-0.15, -0.1) is 11.8 Å². The van der Waals surface area contributed by atoms with E-state index in [2.05, 4.69) is 5.32 Å². The van der Waals surface area contributed by atoms with E-state index in [1.807, 2.05) is 30.0 Å². The zero-order chi connectivity index (χ0) is 12.8. The van der Waals surface area contributed by atoms with E-state index in [0.29, 0.717) is 0 Å². The molecule has 0 radical (unpaired) electrons. The van der Waals surface area contributed by atoms with E-state index in [1.165, 1.54) is 32.4 Å². The van der Waals surface area contributed by atoms with E-state index >= 15 is 0 Å². The van der Waals surface area contributed by atoms with Gasteiger partial charge in [-0.25, -0.2) is 0 Å². The van der Waals surface area contributed by atoms with Gasteiger partial charge in [0, 0.05) is 10.6 Å². The van der Waals surface area contributed by atoms with E-state index < -0.39 is 0 Å². The minimum absolute atomic E-state index is 0.832. The van der Waals surface area contributed by atoms with Crippen molar-refractivity contribution in [2.45, 2.75) is 24.2 Å². The number of hydrogen-bond donors (Lipinski definition) is 2. The lowest BCUT2D eigenvalue weighted by Crippen LogP contribution is -2.29. The van der Waals surface area contributed by atoms with Crippen LogP contribution in [0.1, 0.15) is 19.3 Å². The van der Waals surface area contributed by atoms with Crippen molar-refractivity contribution in [3.63, 3.8) is 0 Å². The van der Waals surface area contributed by atoms with Gasteiger partial charge in [0.05, 0.1) is 7.11 Å². The van der Waals surface area contributed by atoms with Crippen molar-refractivity contribution in [1.29, 1.82) is 0 Å². The molecule has 1 aliphatic rings. The first-order chi connectivity index (χ1) is 8.79. The molecule has 1 fully saturated rings. The van der Waals surface area contributed by atoms with Crippen LogP contribution in [-0.2, 0) is 0 Å². The Morgan fingerprint density at radius 1 is 1.50 bits per heavy atom. The molecular formula is C14H22N2OS. The summed E-state index contributed by atoms with van der Waals surface area (Å²) in [5.74, 6) is 2.84. The van der Waals surface area contributed by atoms with Crippen LogP contribution in [0.4, 0.5) is 5.69 Å². The van der Waals surface area contributed by atoms with Crippen LogP contribution >= 0.6 is 11.8 Å². The SMILES string of the molecule is COc1ccc(N)c(SCCC2CCCNC2)c1. The quantitative estimate of drug-likeness (QED) is 0.635. The number of nitrogens with one attached hydrogen (secondary N) is 1. The maximum absolute atomic E-state index is 5.97. The number of nitrogens with two attached hydrogens (primary N) is 1. The maximum atomic E-state index is 5.97. The fourth-order valence-corrected chi connectivity index (χ4v) is 3.38. The minimum Gasteiger partial charge on any atom is -0.497 e. The zero-order valence-electron chi connectivity index (χ0n) is 10.9. The fourth-order valence-electron chi connectivity index (χ4n) is 2.27. The minimum atomic E-state index is 0.832. The average molecular weight is 266 g/mol. The molecule has 0 aromatic heterocycles. The van der Waals surface area contributed by atoms with Gasteiger partial charge in [0.1, 0.15) is 5.75 Å². The monoisotopic (exact) mass is 266 g/mol. The van der Waals surface area contributed by atoms with E-state index in [4.69, 9.17) is 10.5 Å². The molecule has 1 aromatic carbocycles. The lowest BCUT2D eigenvalue weighted by atomic mass is 9.97. The van der Waals surface area contributed by atoms with E-state index in [9.17, 15) is 0 Å². The highest BCUT2D eigenvalue weighted by Gasteiger charge is 2.12. The predicted molar refractivity (Wildman–Crippen MR) is 78.3 cm³/mol. The molecule has 1 saturated heterocycles. The van der Waals surface area contributed by atoms with Crippen LogP contribution < -0.4 is 15.8 Å². The van der Waals surface area contributed by atoms with Crippen LogP contribution in [0.5, 0.6) is 5.75 Å². The third kappa shape index (κ3) is 3.82. The summed E-state index contributed by atoms with van der Waals surface area (Å²) in [6, 6.07) is 5.85. The van der Waals surface area contributed by atoms with Gasteiger partial charge in [0.25, 0.3) is 0 Å².